The van der Waals surface area contributed by atoms with Crippen LogP contribution in [0.25, 0.3) is 0 Å². The molecule has 0 spiro atoms. The number of rotatable bonds is 8. The lowest BCUT2D eigenvalue weighted by molar-refractivity contribution is 0.131. The van der Waals surface area contributed by atoms with Gasteiger partial charge in [-0.05, 0) is 25.7 Å². The minimum absolute atomic E-state index is 0.524. The van der Waals surface area contributed by atoms with Gasteiger partial charge in [-0.25, -0.2) is 4.98 Å². The number of aromatic nitrogens is 1. The second-order valence-corrected chi connectivity index (χ2v) is 4.65. The third-order valence-corrected chi connectivity index (χ3v) is 3.25. The maximum Gasteiger partial charge on any atom is 0.0928 e. The minimum Gasteiger partial charge on any atom is -0.381 e. The van der Waals surface area contributed by atoms with Crippen LogP contribution in [0, 0.1) is 0 Å². The van der Waals surface area contributed by atoms with E-state index in [0.29, 0.717) is 5.88 Å². The first kappa shape index (κ1) is 12.9. The standard InChI is InChI=1S/C11H18ClNOS/c1-2-6-14-7-4-3-5-11-13-10(8-12)9-15-11/h9H,2-8H2,1H3. The van der Waals surface area contributed by atoms with Crippen LogP contribution in [0.4, 0.5) is 0 Å². The van der Waals surface area contributed by atoms with Gasteiger partial charge in [0.25, 0.3) is 0 Å². The molecule has 0 atom stereocenters. The van der Waals surface area contributed by atoms with Crippen molar-refractivity contribution in [3.8, 4) is 0 Å². The lowest BCUT2D eigenvalue weighted by atomic mass is 10.2. The van der Waals surface area contributed by atoms with Crippen LogP contribution in [-0.2, 0) is 17.0 Å². The van der Waals surface area contributed by atoms with Gasteiger partial charge in [-0.3, -0.25) is 0 Å². The molecule has 4 heteroatoms. The van der Waals surface area contributed by atoms with Crippen LogP contribution in [-0.4, -0.2) is 18.2 Å². The first-order chi connectivity index (χ1) is 7.36. The molecule has 0 amide bonds. The zero-order valence-corrected chi connectivity index (χ0v) is 10.7. The van der Waals surface area contributed by atoms with Gasteiger partial charge in [0, 0.05) is 18.6 Å². The van der Waals surface area contributed by atoms with Gasteiger partial charge < -0.3 is 4.74 Å². The van der Waals surface area contributed by atoms with Crippen molar-refractivity contribution in [1.29, 1.82) is 0 Å². The van der Waals surface area contributed by atoms with E-state index in [4.69, 9.17) is 16.3 Å². The van der Waals surface area contributed by atoms with E-state index in [2.05, 4.69) is 11.9 Å². The highest BCUT2D eigenvalue weighted by molar-refractivity contribution is 7.09. The zero-order chi connectivity index (χ0) is 10.9. The largest absolute Gasteiger partial charge is 0.381 e. The summed E-state index contributed by atoms with van der Waals surface area (Å²) < 4.78 is 5.41. The lowest BCUT2D eigenvalue weighted by Gasteiger charge is -2.00. The van der Waals surface area contributed by atoms with Crippen LogP contribution in [0.5, 0.6) is 0 Å². The minimum atomic E-state index is 0.524. The molecule has 0 unspecified atom stereocenters. The maximum absolute atomic E-state index is 5.68. The second-order valence-electron chi connectivity index (χ2n) is 3.44. The first-order valence-electron chi connectivity index (χ1n) is 5.43. The van der Waals surface area contributed by atoms with E-state index in [0.717, 1.165) is 44.6 Å². The normalized spacial score (nSPS) is 10.8. The Balaban J connectivity index is 2.04. The van der Waals surface area contributed by atoms with Crippen LogP contribution in [0.1, 0.15) is 36.9 Å². The Labute approximate surface area is 101 Å². The summed E-state index contributed by atoms with van der Waals surface area (Å²) in [7, 11) is 0. The van der Waals surface area contributed by atoms with E-state index in [1.807, 2.05) is 5.38 Å². The average Bonchev–Trinajstić information content (AvgIpc) is 2.71. The summed E-state index contributed by atoms with van der Waals surface area (Å²) in [6, 6.07) is 0. The monoisotopic (exact) mass is 247 g/mol. The Morgan fingerprint density at radius 3 is 2.93 bits per heavy atom. The van der Waals surface area contributed by atoms with E-state index < -0.39 is 0 Å². The van der Waals surface area contributed by atoms with E-state index >= 15 is 0 Å². The van der Waals surface area contributed by atoms with Crippen molar-refractivity contribution in [1.82, 2.24) is 4.98 Å². The molecular formula is C11H18ClNOS. The number of nitrogens with zero attached hydrogens (tertiary/aromatic N) is 1. The van der Waals surface area contributed by atoms with Gasteiger partial charge in [0.15, 0.2) is 0 Å². The van der Waals surface area contributed by atoms with E-state index in [-0.39, 0.29) is 0 Å². The summed E-state index contributed by atoms with van der Waals surface area (Å²) in [4.78, 5) is 4.41. The molecule has 0 radical (unpaired) electrons. The molecule has 0 N–H and O–H groups in total. The smallest absolute Gasteiger partial charge is 0.0928 e. The van der Waals surface area contributed by atoms with Crippen LogP contribution in [0.3, 0.4) is 0 Å². The summed E-state index contributed by atoms with van der Waals surface area (Å²) >= 11 is 7.39. The average molecular weight is 248 g/mol. The van der Waals surface area contributed by atoms with Gasteiger partial charge in [-0.15, -0.1) is 22.9 Å². The van der Waals surface area contributed by atoms with Crippen molar-refractivity contribution in [2.75, 3.05) is 13.2 Å². The molecule has 0 aliphatic heterocycles. The van der Waals surface area contributed by atoms with Gasteiger partial charge >= 0.3 is 0 Å². The topological polar surface area (TPSA) is 22.1 Å². The molecule has 0 saturated heterocycles. The fourth-order valence-corrected chi connectivity index (χ4v) is 2.32. The number of alkyl halides is 1. The number of unbranched alkanes of at least 4 members (excludes halogenated alkanes) is 1. The first-order valence-corrected chi connectivity index (χ1v) is 6.85. The van der Waals surface area contributed by atoms with Crippen molar-refractivity contribution in [3.05, 3.63) is 16.1 Å². The summed E-state index contributed by atoms with van der Waals surface area (Å²) in [5, 5.41) is 3.23. The SMILES string of the molecule is CCCOCCCCc1nc(CCl)cs1. The molecule has 0 aliphatic carbocycles. The maximum atomic E-state index is 5.68. The van der Waals surface area contributed by atoms with Gasteiger partial charge in [-0.2, -0.15) is 0 Å². The van der Waals surface area contributed by atoms with Crippen LogP contribution in [0.15, 0.2) is 5.38 Å². The van der Waals surface area contributed by atoms with Crippen molar-refractivity contribution in [2.45, 2.75) is 38.5 Å². The molecule has 0 bridgehead atoms. The predicted molar refractivity (Wildman–Crippen MR) is 65.7 cm³/mol. The Bertz CT molecular complexity index is 265. The summed E-state index contributed by atoms with van der Waals surface area (Å²) in [5.74, 6) is 0.524. The fraction of sp³-hybridized carbons (Fsp3) is 0.727. The molecule has 0 aromatic carbocycles. The Morgan fingerprint density at radius 2 is 2.27 bits per heavy atom. The molecule has 2 nitrogen and oxygen atoms in total. The molecule has 0 fully saturated rings. The van der Waals surface area contributed by atoms with E-state index in [9.17, 15) is 0 Å². The molecule has 1 rings (SSSR count). The molecule has 0 aliphatic rings. The third-order valence-electron chi connectivity index (χ3n) is 2.01. The second kappa shape index (κ2) is 8.08. The highest BCUT2D eigenvalue weighted by atomic mass is 35.5. The Morgan fingerprint density at radius 1 is 1.40 bits per heavy atom. The molecule has 1 aromatic heterocycles. The molecular weight excluding hydrogens is 230 g/mol. The van der Waals surface area contributed by atoms with Crippen molar-refractivity contribution in [3.63, 3.8) is 0 Å². The summed E-state index contributed by atoms with van der Waals surface area (Å²) in [6.45, 7) is 3.89. The number of ether oxygens (including phenoxy) is 1. The van der Waals surface area contributed by atoms with Gasteiger partial charge in [0.1, 0.15) is 0 Å². The van der Waals surface area contributed by atoms with Crippen LogP contribution in [0.2, 0.25) is 0 Å². The zero-order valence-electron chi connectivity index (χ0n) is 9.17. The third kappa shape index (κ3) is 5.50. The highest BCUT2D eigenvalue weighted by Crippen LogP contribution is 2.13. The summed E-state index contributed by atoms with van der Waals surface area (Å²) in [6.07, 6.45) is 4.43. The molecule has 1 heterocycles. The number of hydrogen-bond acceptors (Lipinski definition) is 3. The lowest BCUT2D eigenvalue weighted by Crippen LogP contribution is -1.96. The summed E-state index contributed by atoms with van der Waals surface area (Å²) in [5.41, 5.74) is 0.999. The van der Waals surface area contributed by atoms with Crippen LogP contribution >= 0.6 is 22.9 Å². The van der Waals surface area contributed by atoms with Crippen molar-refractivity contribution < 1.29 is 4.74 Å². The predicted octanol–water partition coefficient (Wildman–Crippen LogP) is 3.63. The van der Waals surface area contributed by atoms with E-state index in [1.165, 1.54) is 5.01 Å². The van der Waals surface area contributed by atoms with Gasteiger partial charge in [-0.1, -0.05) is 6.92 Å². The van der Waals surface area contributed by atoms with Gasteiger partial charge in [0.05, 0.1) is 16.6 Å². The van der Waals surface area contributed by atoms with Crippen LogP contribution < -0.4 is 0 Å². The molecule has 15 heavy (non-hydrogen) atoms. The van der Waals surface area contributed by atoms with E-state index in [1.54, 1.807) is 11.3 Å². The quantitative estimate of drug-likeness (QED) is 0.517. The fourth-order valence-electron chi connectivity index (χ4n) is 1.25. The molecule has 0 saturated carbocycles. The van der Waals surface area contributed by atoms with Gasteiger partial charge in [0.2, 0.25) is 0 Å². The van der Waals surface area contributed by atoms with Crippen molar-refractivity contribution in [2.24, 2.45) is 0 Å². The number of thiazole rings is 1. The number of aryl methyl sites for hydroxylation is 1. The Kier molecular flexibility index (Phi) is 6.98. The highest BCUT2D eigenvalue weighted by Gasteiger charge is 2.00. The Hall–Kier alpha value is -0.120. The number of halogens is 1. The van der Waals surface area contributed by atoms with Crippen molar-refractivity contribution >= 4 is 22.9 Å². The molecule has 1 aromatic rings. The number of hydrogen-bond donors (Lipinski definition) is 0. The molecule has 86 valence electrons.